The van der Waals surface area contributed by atoms with Gasteiger partial charge in [-0.3, -0.25) is 4.79 Å². The van der Waals surface area contributed by atoms with E-state index in [4.69, 9.17) is 9.47 Å². The van der Waals surface area contributed by atoms with Gasteiger partial charge in [-0.05, 0) is 12.8 Å². The minimum atomic E-state index is -0.351. The van der Waals surface area contributed by atoms with E-state index in [1.54, 1.807) is 0 Å². The largest absolute Gasteiger partial charge is 0.436 e. The van der Waals surface area contributed by atoms with E-state index in [1.807, 2.05) is 6.92 Å². The number of carbonyl (C=O) groups is 1. The molecule has 0 aliphatic rings. The van der Waals surface area contributed by atoms with Crippen molar-refractivity contribution in [1.82, 2.24) is 0 Å². The van der Waals surface area contributed by atoms with Crippen LogP contribution < -0.4 is 0 Å². The van der Waals surface area contributed by atoms with Gasteiger partial charge in [0.25, 0.3) is 0 Å². The van der Waals surface area contributed by atoms with E-state index in [0.29, 0.717) is 13.0 Å². The van der Waals surface area contributed by atoms with Crippen molar-refractivity contribution in [3.8, 4) is 0 Å². The van der Waals surface area contributed by atoms with Crippen molar-refractivity contribution in [2.75, 3.05) is 6.61 Å². The number of rotatable bonds is 22. The summed E-state index contributed by atoms with van der Waals surface area (Å²) in [6, 6.07) is 0. The van der Waals surface area contributed by atoms with Crippen LogP contribution in [0.1, 0.15) is 143 Å². The van der Waals surface area contributed by atoms with Crippen LogP contribution in [0.4, 0.5) is 0 Å². The maximum absolute atomic E-state index is 11.9. The molecule has 0 fully saturated rings. The van der Waals surface area contributed by atoms with Gasteiger partial charge in [0.05, 0.1) is 6.61 Å². The van der Waals surface area contributed by atoms with E-state index < -0.39 is 0 Å². The third-order valence-corrected chi connectivity index (χ3v) is 5.38. The lowest BCUT2D eigenvalue weighted by Gasteiger charge is -2.16. The van der Waals surface area contributed by atoms with Gasteiger partial charge in [-0.25, -0.2) is 0 Å². The van der Waals surface area contributed by atoms with Gasteiger partial charge in [-0.15, -0.1) is 0 Å². The molecule has 168 valence electrons. The molecule has 0 aromatic rings. The molecule has 3 heteroatoms. The molecule has 0 aromatic heterocycles. The van der Waals surface area contributed by atoms with Gasteiger partial charge in [0.2, 0.25) is 6.29 Å². The zero-order valence-electron chi connectivity index (χ0n) is 19.4. The number of esters is 1. The molecule has 3 nitrogen and oxygen atoms in total. The number of hydrogen-bond donors (Lipinski definition) is 0. The first-order valence-electron chi connectivity index (χ1n) is 12.6. The Labute approximate surface area is 176 Å². The highest BCUT2D eigenvalue weighted by Crippen LogP contribution is 2.14. The van der Waals surface area contributed by atoms with Crippen LogP contribution in [0.15, 0.2) is 0 Å². The van der Waals surface area contributed by atoms with Crippen molar-refractivity contribution >= 4 is 5.97 Å². The summed E-state index contributed by atoms with van der Waals surface area (Å²) in [5, 5.41) is 0. The van der Waals surface area contributed by atoms with Gasteiger partial charge in [0.1, 0.15) is 0 Å². The van der Waals surface area contributed by atoms with Crippen LogP contribution in [-0.2, 0) is 14.3 Å². The summed E-state index contributed by atoms with van der Waals surface area (Å²) in [5.41, 5.74) is 0. The first-order chi connectivity index (χ1) is 13.7. The molecule has 0 aliphatic heterocycles. The number of carbonyl (C=O) groups excluding carboxylic acids is 1. The lowest BCUT2D eigenvalue weighted by atomic mass is 10.0. The Kier molecular flexibility index (Phi) is 22.3. The Bertz CT molecular complexity index is 317. The zero-order chi connectivity index (χ0) is 20.7. The summed E-state index contributed by atoms with van der Waals surface area (Å²) in [5.74, 6) is -0.0990. The predicted octanol–water partition coefficient (Wildman–Crippen LogP) is 8.34. The highest BCUT2D eigenvalue weighted by Gasteiger charge is 2.12. The lowest BCUT2D eigenvalue weighted by Crippen LogP contribution is -2.21. The third-order valence-electron chi connectivity index (χ3n) is 5.38. The molecule has 1 unspecified atom stereocenters. The first kappa shape index (κ1) is 27.4. The van der Waals surface area contributed by atoms with E-state index in [2.05, 4.69) is 13.8 Å². The second-order valence-electron chi connectivity index (χ2n) is 8.25. The summed E-state index contributed by atoms with van der Waals surface area (Å²) in [4.78, 5) is 11.9. The normalized spacial score (nSPS) is 12.2. The summed E-state index contributed by atoms with van der Waals surface area (Å²) < 4.78 is 11.0. The summed E-state index contributed by atoms with van der Waals surface area (Å²) in [7, 11) is 0. The van der Waals surface area contributed by atoms with Crippen molar-refractivity contribution < 1.29 is 14.3 Å². The fraction of sp³-hybridized carbons (Fsp3) is 0.960. The van der Waals surface area contributed by atoms with Gasteiger partial charge in [-0.2, -0.15) is 0 Å². The molecule has 0 saturated carbocycles. The van der Waals surface area contributed by atoms with Gasteiger partial charge in [-0.1, -0.05) is 117 Å². The van der Waals surface area contributed by atoms with E-state index in [-0.39, 0.29) is 12.3 Å². The Morgan fingerprint density at radius 3 is 1.46 bits per heavy atom. The molecule has 28 heavy (non-hydrogen) atoms. The molecule has 0 spiro atoms. The topological polar surface area (TPSA) is 35.5 Å². The average molecular weight is 399 g/mol. The van der Waals surface area contributed by atoms with Crippen molar-refractivity contribution in [2.45, 2.75) is 149 Å². The highest BCUT2D eigenvalue weighted by molar-refractivity contribution is 5.69. The Morgan fingerprint density at radius 1 is 0.607 bits per heavy atom. The van der Waals surface area contributed by atoms with Crippen molar-refractivity contribution in [3.05, 3.63) is 0 Å². The fourth-order valence-corrected chi connectivity index (χ4v) is 3.44. The maximum Gasteiger partial charge on any atom is 0.308 e. The standard InChI is InChI=1S/C25H50O3/c1-4-7-9-10-11-12-13-14-15-16-17-18-19-20-21-22-24(26)28-25(6-3)27-23-8-5-2/h25H,4-23H2,1-3H3. The minimum Gasteiger partial charge on any atom is -0.436 e. The van der Waals surface area contributed by atoms with Crippen LogP contribution in [0.2, 0.25) is 0 Å². The van der Waals surface area contributed by atoms with E-state index in [9.17, 15) is 4.79 Å². The van der Waals surface area contributed by atoms with Crippen LogP contribution in [0.5, 0.6) is 0 Å². The Hall–Kier alpha value is -0.570. The number of unbranched alkanes of at least 4 members (excludes halogenated alkanes) is 15. The molecule has 0 N–H and O–H groups in total. The average Bonchev–Trinajstić information content (AvgIpc) is 2.70. The van der Waals surface area contributed by atoms with Crippen LogP contribution in [0.3, 0.4) is 0 Å². The summed E-state index contributed by atoms with van der Waals surface area (Å²) >= 11 is 0. The molecule has 0 radical (unpaired) electrons. The SMILES string of the molecule is CCCCCCCCCCCCCCCCCC(=O)OC(CC)OCCCC. The summed E-state index contributed by atoms with van der Waals surface area (Å²) in [6.45, 7) is 7.09. The Morgan fingerprint density at radius 2 is 1.04 bits per heavy atom. The quantitative estimate of drug-likeness (QED) is 0.104. The van der Waals surface area contributed by atoms with Crippen molar-refractivity contribution in [2.24, 2.45) is 0 Å². The second kappa shape index (κ2) is 22.7. The minimum absolute atomic E-state index is 0.0990. The molecule has 0 aromatic carbocycles. The molecule has 0 rings (SSSR count). The number of hydrogen-bond acceptors (Lipinski definition) is 3. The van der Waals surface area contributed by atoms with E-state index >= 15 is 0 Å². The number of ether oxygens (including phenoxy) is 2. The molecule has 0 heterocycles. The van der Waals surface area contributed by atoms with Crippen LogP contribution >= 0.6 is 0 Å². The first-order valence-corrected chi connectivity index (χ1v) is 12.6. The van der Waals surface area contributed by atoms with Crippen LogP contribution in [-0.4, -0.2) is 18.9 Å². The third kappa shape index (κ3) is 20.2. The molecule has 0 bridgehead atoms. The molecule has 0 amide bonds. The van der Waals surface area contributed by atoms with Gasteiger partial charge < -0.3 is 9.47 Å². The Balaban J connectivity index is 3.30. The van der Waals surface area contributed by atoms with E-state index in [1.165, 1.54) is 83.5 Å². The highest BCUT2D eigenvalue weighted by atomic mass is 16.7. The smallest absolute Gasteiger partial charge is 0.308 e. The molecule has 1 atom stereocenters. The zero-order valence-corrected chi connectivity index (χ0v) is 19.4. The molecular weight excluding hydrogens is 348 g/mol. The van der Waals surface area contributed by atoms with Crippen molar-refractivity contribution in [1.29, 1.82) is 0 Å². The van der Waals surface area contributed by atoms with Gasteiger partial charge in [0.15, 0.2) is 0 Å². The van der Waals surface area contributed by atoms with Crippen molar-refractivity contribution in [3.63, 3.8) is 0 Å². The predicted molar refractivity (Wildman–Crippen MR) is 121 cm³/mol. The monoisotopic (exact) mass is 398 g/mol. The maximum atomic E-state index is 11.9. The second-order valence-corrected chi connectivity index (χ2v) is 8.25. The van der Waals surface area contributed by atoms with Gasteiger partial charge in [0, 0.05) is 12.8 Å². The molecule has 0 saturated heterocycles. The summed E-state index contributed by atoms with van der Waals surface area (Å²) in [6.07, 6.45) is 23.1. The molecular formula is C25H50O3. The van der Waals surface area contributed by atoms with Gasteiger partial charge >= 0.3 is 5.97 Å². The van der Waals surface area contributed by atoms with Crippen LogP contribution in [0, 0.1) is 0 Å². The van der Waals surface area contributed by atoms with Crippen LogP contribution in [0.25, 0.3) is 0 Å². The molecule has 0 aliphatic carbocycles. The van der Waals surface area contributed by atoms with E-state index in [0.717, 1.165) is 32.1 Å². The fourth-order valence-electron chi connectivity index (χ4n) is 3.44. The lowest BCUT2D eigenvalue weighted by molar-refractivity contribution is -0.179.